The Balaban J connectivity index is 1.89. The number of halogens is 1. The predicted octanol–water partition coefficient (Wildman–Crippen LogP) is 4.86. The number of amides is 1. The number of hydrogen-bond donors (Lipinski definition) is 1. The lowest BCUT2D eigenvalue weighted by atomic mass is 9.86. The second-order valence-electron chi connectivity index (χ2n) is 8.27. The lowest BCUT2D eigenvalue weighted by Crippen LogP contribution is -2.33. The molecule has 0 saturated carbocycles. The molecule has 1 amide bonds. The number of carbonyl (C=O) groups is 1. The first-order chi connectivity index (χ1) is 14.6. The molecule has 0 fully saturated rings. The van der Waals surface area contributed by atoms with E-state index in [9.17, 15) is 17.6 Å². The Morgan fingerprint density at radius 2 is 1.61 bits per heavy atom. The molecule has 0 heterocycles. The van der Waals surface area contributed by atoms with Crippen LogP contribution in [0.15, 0.2) is 71.6 Å². The van der Waals surface area contributed by atoms with Gasteiger partial charge in [0.15, 0.2) is 0 Å². The van der Waals surface area contributed by atoms with Crippen molar-refractivity contribution in [2.45, 2.75) is 38.0 Å². The van der Waals surface area contributed by atoms with Crippen molar-refractivity contribution in [3.05, 3.63) is 72.5 Å². The quantitative estimate of drug-likeness (QED) is 0.481. The summed E-state index contributed by atoms with van der Waals surface area (Å²) >= 11 is 0. The molecular formula is C24H27FN2O3S. The van der Waals surface area contributed by atoms with Gasteiger partial charge in [-0.2, -0.15) is 0 Å². The van der Waals surface area contributed by atoms with Crippen LogP contribution >= 0.6 is 0 Å². The minimum absolute atomic E-state index is 0.174. The van der Waals surface area contributed by atoms with E-state index < -0.39 is 21.3 Å². The van der Waals surface area contributed by atoms with E-state index in [2.05, 4.69) is 0 Å². The molecule has 0 aromatic heterocycles. The van der Waals surface area contributed by atoms with Crippen LogP contribution < -0.4 is 10.0 Å². The van der Waals surface area contributed by atoms with Gasteiger partial charge in [-0.3, -0.25) is 9.10 Å². The van der Waals surface area contributed by atoms with Gasteiger partial charge in [-0.15, -0.1) is 0 Å². The summed E-state index contributed by atoms with van der Waals surface area (Å²) in [6.45, 7) is 3.76. The molecule has 0 saturated heterocycles. The van der Waals surface area contributed by atoms with Crippen LogP contribution in [0, 0.1) is 11.2 Å². The number of fused-ring (bicyclic) bond motifs is 1. The second-order valence-corrected chi connectivity index (χ2v) is 10.1. The second kappa shape index (κ2) is 9.06. The molecule has 0 spiro atoms. The van der Waals surface area contributed by atoms with Crippen molar-refractivity contribution in [3.8, 4) is 0 Å². The summed E-state index contributed by atoms with van der Waals surface area (Å²) < 4.78 is 41.8. The number of hydrogen-bond acceptors (Lipinski definition) is 3. The standard InChI is InChI=1S/C24H27FN2O3S/c1-24(2,23(26)28)15-5-6-16-27(21-12-10-20(25)11-13-21)31(29,30)22-14-9-18-7-3-4-8-19(18)17-22/h3-4,7-14,17H,5-6,15-16H2,1-2H3,(H2,26,28). The Bertz CT molecular complexity index is 1170. The van der Waals surface area contributed by atoms with E-state index in [1.807, 2.05) is 24.3 Å². The van der Waals surface area contributed by atoms with Crippen LogP contribution in [0.25, 0.3) is 10.8 Å². The van der Waals surface area contributed by atoms with Gasteiger partial charge in [-0.1, -0.05) is 50.6 Å². The van der Waals surface area contributed by atoms with Crippen molar-refractivity contribution in [2.24, 2.45) is 11.1 Å². The third-order valence-electron chi connectivity index (χ3n) is 5.50. The molecule has 0 atom stereocenters. The van der Waals surface area contributed by atoms with Crippen molar-refractivity contribution in [3.63, 3.8) is 0 Å². The van der Waals surface area contributed by atoms with E-state index in [4.69, 9.17) is 5.73 Å². The van der Waals surface area contributed by atoms with Gasteiger partial charge in [0.1, 0.15) is 5.82 Å². The van der Waals surface area contributed by atoms with Crippen LogP contribution in [0.3, 0.4) is 0 Å². The molecule has 0 unspecified atom stereocenters. The van der Waals surface area contributed by atoms with Gasteiger partial charge in [0, 0.05) is 12.0 Å². The molecular weight excluding hydrogens is 415 g/mol. The molecule has 5 nitrogen and oxygen atoms in total. The summed E-state index contributed by atoms with van der Waals surface area (Å²) in [5.41, 5.74) is 5.16. The third-order valence-corrected chi connectivity index (χ3v) is 7.33. The smallest absolute Gasteiger partial charge is 0.264 e. The van der Waals surface area contributed by atoms with Crippen molar-refractivity contribution in [1.29, 1.82) is 0 Å². The molecule has 3 aromatic carbocycles. The molecule has 0 aliphatic carbocycles. The predicted molar refractivity (Wildman–Crippen MR) is 122 cm³/mol. The SMILES string of the molecule is CC(C)(CCCCN(c1ccc(F)cc1)S(=O)(=O)c1ccc2ccccc2c1)C(N)=O. The number of unbranched alkanes of at least 4 members (excludes halogenated alkanes) is 1. The summed E-state index contributed by atoms with van der Waals surface area (Å²) in [4.78, 5) is 11.7. The zero-order valence-electron chi connectivity index (χ0n) is 17.7. The molecule has 7 heteroatoms. The highest BCUT2D eigenvalue weighted by Gasteiger charge is 2.27. The largest absolute Gasteiger partial charge is 0.369 e. The first kappa shape index (κ1) is 22.7. The number of carbonyl (C=O) groups excluding carboxylic acids is 1. The number of benzene rings is 3. The Morgan fingerprint density at radius 3 is 2.26 bits per heavy atom. The summed E-state index contributed by atoms with van der Waals surface area (Å²) in [5, 5.41) is 1.77. The normalized spacial score (nSPS) is 12.1. The van der Waals surface area contributed by atoms with Gasteiger partial charge in [-0.05, 0) is 60.0 Å². The summed E-state index contributed by atoms with van der Waals surface area (Å²) in [6.07, 6.45) is 1.71. The zero-order chi connectivity index (χ0) is 22.6. The maximum atomic E-state index is 13.5. The van der Waals surface area contributed by atoms with Gasteiger partial charge < -0.3 is 5.73 Å². The topological polar surface area (TPSA) is 80.5 Å². The molecule has 0 aliphatic heterocycles. The highest BCUT2D eigenvalue weighted by Crippen LogP contribution is 2.28. The number of rotatable bonds is 9. The number of nitrogens with zero attached hydrogens (tertiary/aromatic N) is 1. The Kier molecular flexibility index (Phi) is 6.65. The van der Waals surface area contributed by atoms with Gasteiger partial charge in [0.25, 0.3) is 10.0 Å². The number of nitrogens with two attached hydrogens (primary N) is 1. The average Bonchev–Trinajstić information content (AvgIpc) is 2.74. The van der Waals surface area contributed by atoms with Crippen LogP contribution in [0.2, 0.25) is 0 Å². The Labute approximate surface area is 182 Å². The van der Waals surface area contributed by atoms with Crippen molar-refractivity contribution in [2.75, 3.05) is 10.8 Å². The lowest BCUT2D eigenvalue weighted by molar-refractivity contribution is -0.126. The van der Waals surface area contributed by atoms with Crippen LogP contribution in [0.5, 0.6) is 0 Å². The summed E-state index contributed by atoms with van der Waals surface area (Å²) in [7, 11) is -3.87. The van der Waals surface area contributed by atoms with Crippen molar-refractivity contribution in [1.82, 2.24) is 0 Å². The molecule has 2 N–H and O–H groups in total. The fraction of sp³-hybridized carbons (Fsp3) is 0.292. The van der Waals surface area contributed by atoms with Gasteiger partial charge in [-0.25, -0.2) is 12.8 Å². The Hall–Kier alpha value is -2.93. The van der Waals surface area contributed by atoms with E-state index in [0.717, 1.165) is 10.8 Å². The third kappa shape index (κ3) is 5.22. The molecule has 3 rings (SSSR count). The van der Waals surface area contributed by atoms with E-state index >= 15 is 0 Å². The highest BCUT2D eigenvalue weighted by atomic mass is 32.2. The van der Waals surface area contributed by atoms with Gasteiger partial charge in [0.05, 0.1) is 10.6 Å². The monoisotopic (exact) mass is 442 g/mol. The number of anilines is 1. The van der Waals surface area contributed by atoms with Crippen molar-refractivity contribution >= 4 is 32.4 Å². The van der Waals surface area contributed by atoms with Crippen LogP contribution in [0.4, 0.5) is 10.1 Å². The van der Waals surface area contributed by atoms with Crippen LogP contribution in [-0.4, -0.2) is 20.9 Å². The highest BCUT2D eigenvalue weighted by molar-refractivity contribution is 7.92. The minimum Gasteiger partial charge on any atom is -0.369 e. The van der Waals surface area contributed by atoms with E-state index in [1.54, 1.807) is 32.0 Å². The molecule has 164 valence electrons. The fourth-order valence-corrected chi connectivity index (χ4v) is 4.94. The number of primary amides is 1. The summed E-state index contributed by atoms with van der Waals surface area (Å²) in [6, 6.07) is 18.0. The Morgan fingerprint density at radius 1 is 0.968 bits per heavy atom. The first-order valence-corrected chi connectivity index (χ1v) is 11.6. The lowest BCUT2D eigenvalue weighted by Gasteiger charge is -2.26. The van der Waals surface area contributed by atoms with Crippen molar-refractivity contribution < 1.29 is 17.6 Å². The van der Waals surface area contributed by atoms with Gasteiger partial charge >= 0.3 is 0 Å². The molecule has 31 heavy (non-hydrogen) atoms. The molecule has 0 radical (unpaired) electrons. The van der Waals surface area contributed by atoms with E-state index in [-0.39, 0.29) is 17.3 Å². The molecule has 0 bridgehead atoms. The number of sulfonamides is 1. The van der Waals surface area contributed by atoms with E-state index in [0.29, 0.717) is 24.9 Å². The maximum Gasteiger partial charge on any atom is 0.264 e. The maximum absolute atomic E-state index is 13.5. The van der Waals surface area contributed by atoms with E-state index in [1.165, 1.54) is 28.6 Å². The minimum atomic E-state index is -3.87. The van der Waals surface area contributed by atoms with Crippen LogP contribution in [-0.2, 0) is 14.8 Å². The first-order valence-electron chi connectivity index (χ1n) is 10.2. The zero-order valence-corrected chi connectivity index (χ0v) is 18.5. The van der Waals surface area contributed by atoms with Gasteiger partial charge in [0.2, 0.25) is 5.91 Å². The molecule has 3 aromatic rings. The average molecular weight is 443 g/mol. The molecule has 0 aliphatic rings. The fourth-order valence-electron chi connectivity index (χ4n) is 3.40. The summed E-state index contributed by atoms with van der Waals surface area (Å²) in [5.74, 6) is -0.818. The van der Waals surface area contributed by atoms with Crippen LogP contribution in [0.1, 0.15) is 33.1 Å².